The summed E-state index contributed by atoms with van der Waals surface area (Å²) in [4.78, 5) is 25.9. The Labute approximate surface area is 201 Å². The summed E-state index contributed by atoms with van der Waals surface area (Å²) in [6.45, 7) is 4.64. The van der Waals surface area contributed by atoms with Gasteiger partial charge in [0.2, 0.25) is 15.9 Å². The van der Waals surface area contributed by atoms with E-state index >= 15 is 0 Å². The summed E-state index contributed by atoms with van der Waals surface area (Å²) in [5.74, 6) is 0.0546. The quantitative estimate of drug-likeness (QED) is 0.535. The van der Waals surface area contributed by atoms with Crippen LogP contribution in [0.2, 0.25) is 0 Å². The Morgan fingerprint density at radius 1 is 1.12 bits per heavy atom. The van der Waals surface area contributed by atoms with E-state index in [0.29, 0.717) is 30.1 Å². The van der Waals surface area contributed by atoms with Gasteiger partial charge in [-0.1, -0.05) is 31.2 Å². The number of halogens is 1. The predicted octanol–water partition coefficient (Wildman–Crippen LogP) is 4.13. The maximum Gasteiger partial charge on any atom is 0.258 e. The highest BCUT2D eigenvalue weighted by Crippen LogP contribution is 2.28. The number of sulfonamides is 1. The molecule has 1 amide bonds. The summed E-state index contributed by atoms with van der Waals surface area (Å²) in [5, 5.41) is 3.43. The van der Waals surface area contributed by atoms with E-state index in [1.807, 2.05) is 19.1 Å². The molecule has 0 radical (unpaired) electrons. The molecule has 1 fully saturated rings. The minimum atomic E-state index is -3.82. The number of aryl methyl sites for hydroxylation is 1. The fourth-order valence-corrected chi connectivity index (χ4v) is 6.34. The highest BCUT2D eigenvalue weighted by Gasteiger charge is 2.30. The van der Waals surface area contributed by atoms with Crippen molar-refractivity contribution in [2.75, 3.05) is 18.4 Å². The van der Waals surface area contributed by atoms with Crippen molar-refractivity contribution >= 4 is 48.3 Å². The second-order valence-electron chi connectivity index (χ2n) is 8.59. The van der Waals surface area contributed by atoms with Crippen molar-refractivity contribution in [3.63, 3.8) is 0 Å². The first-order valence-corrected chi connectivity index (χ1v) is 13.1. The molecule has 0 atom stereocenters. The van der Waals surface area contributed by atoms with Crippen LogP contribution in [0.3, 0.4) is 0 Å². The van der Waals surface area contributed by atoms with Gasteiger partial charge < -0.3 is 9.88 Å². The minimum Gasteiger partial charge on any atom is -0.324 e. The second kappa shape index (κ2) is 9.40. The van der Waals surface area contributed by atoms with Crippen LogP contribution >= 0.6 is 15.9 Å². The molecule has 2 heterocycles. The summed E-state index contributed by atoms with van der Waals surface area (Å²) < 4.78 is 30.4. The zero-order valence-electron chi connectivity index (χ0n) is 18.5. The van der Waals surface area contributed by atoms with Gasteiger partial charge in [0, 0.05) is 34.5 Å². The first-order valence-electron chi connectivity index (χ1n) is 10.8. The summed E-state index contributed by atoms with van der Waals surface area (Å²) >= 11 is 3.43. The van der Waals surface area contributed by atoms with Crippen LogP contribution < -0.4 is 10.9 Å². The van der Waals surface area contributed by atoms with Crippen LogP contribution in [0.1, 0.15) is 25.3 Å². The molecule has 9 heteroatoms. The first kappa shape index (κ1) is 23.7. The van der Waals surface area contributed by atoms with Crippen LogP contribution in [0.4, 0.5) is 5.69 Å². The van der Waals surface area contributed by atoms with Crippen molar-refractivity contribution < 1.29 is 13.2 Å². The van der Waals surface area contributed by atoms with Gasteiger partial charge in [-0.25, -0.2) is 8.42 Å². The number of nitrogens with zero attached hydrogens (tertiary/aromatic N) is 2. The van der Waals surface area contributed by atoms with E-state index in [9.17, 15) is 18.0 Å². The normalized spacial score (nSPS) is 15.6. The van der Waals surface area contributed by atoms with Gasteiger partial charge >= 0.3 is 0 Å². The van der Waals surface area contributed by atoms with Gasteiger partial charge in [-0.2, -0.15) is 4.31 Å². The summed E-state index contributed by atoms with van der Waals surface area (Å²) in [6.07, 6.45) is 2.90. The minimum absolute atomic E-state index is 0.0524. The lowest BCUT2D eigenvalue weighted by molar-refractivity contribution is -0.116. The Kier molecular flexibility index (Phi) is 6.74. The maximum atomic E-state index is 13.5. The van der Waals surface area contributed by atoms with Crippen LogP contribution in [0, 0.1) is 12.8 Å². The smallest absolute Gasteiger partial charge is 0.258 e. The number of carbonyl (C=O) groups excluding carboxylic acids is 1. The van der Waals surface area contributed by atoms with E-state index < -0.39 is 21.5 Å². The highest BCUT2D eigenvalue weighted by molar-refractivity contribution is 9.10. The zero-order valence-corrected chi connectivity index (χ0v) is 20.9. The fourth-order valence-electron chi connectivity index (χ4n) is 4.06. The molecule has 0 aliphatic carbocycles. The molecule has 1 saturated heterocycles. The molecule has 0 unspecified atom stereocenters. The number of anilines is 1. The number of rotatable bonds is 5. The lowest BCUT2D eigenvalue weighted by Gasteiger charge is -2.30. The molecular weight excluding hydrogens is 506 g/mol. The fraction of sp³-hybridized carbons (Fsp3) is 0.333. The van der Waals surface area contributed by atoms with E-state index in [1.165, 1.54) is 15.1 Å². The molecule has 174 valence electrons. The van der Waals surface area contributed by atoms with E-state index in [-0.39, 0.29) is 16.8 Å². The third kappa shape index (κ3) is 4.90. The van der Waals surface area contributed by atoms with Crippen molar-refractivity contribution in [3.8, 4) is 0 Å². The molecule has 7 nitrogen and oxygen atoms in total. The number of nitrogens with one attached hydrogen (secondary N) is 1. The monoisotopic (exact) mass is 531 g/mol. The average molecular weight is 532 g/mol. The number of hydrogen-bond donors (Lipinski definition) is 1. The molecule has 1 aliphatic rings. The van der Waals surface area contributed by atoms with Gasteiger partial charge in [0.25, 0.3) is 5.56 Å². The van der Waals surface area contributed by atoms with Gasteiger partial charge in [-0.15, -0.1) is 0 Å². The Morgan fingerprint density at radius 2 is 1.79 bits per heavy atom. The maximum absolute atomic E-state index is 13.5. The number of amides is 1. The Balaban J connectivity index is 1.71. The molecule has 0 spiro atoms. The number of hydrogen-bond acceptors (Lipinski definition) is 4. The van der Waals surface area contributed by atoms with E-state index in [0.717, 1.165) is 22.9 Å². The number of benzene rings is 2. The van der Waals surface area contributed by atoms with Crippen LogP contribution in [-0.2, 0) is 21.4 Å². The van der Waals surface area contributed by atoms with Gasteiger partial charge in [-0.3, -0.25) is 9.59 Å². The van der Waals surface area contributed by atoms with Gasteiger partial charge in [0.15, 0.2) is 0 Å². The Bertz CT molecular complexity index is 1380. The zero-order chi connectivity index (χ0) is 23.8. The first-order chi connectivity index (χ1) is 15.7. The van der Waals surface area contributed by atoms with Crippen LogP contribution in [-0.4, -0.2) is 36.3 Å². The topological polar surface area (TPSA) is 88.5 Å². The van der Waals surface area contributed by atoms with Crippen LogP contribution in [0.15, 0.2) is 62.8 Å². The largest absolute Gasteiger partial charge is 0.324 e. The number of aromatic nitrogens is 1. The Hall–Kier alpha value is -2.49. The van der Waals surface area contributed by atoms with Crippen LogP contribution in [0.5, 0.6) is 0 Å². The summed E-state index contributed by atoms with van der Waals surface area (Å²) in [6, 6.07) is 12.2. The van der Waals surface area contributed by atoms with Crippen molar-refractivity contribution in [1.29, 1.82) is 0 Å². The van der Waals surface area contributed by atoms with Crippen LogP contribution in [0.25, 0.3) is 10.8 Å². The molecule has 1 aromatic heterocycles. The lowest BCUT2D eigenvalue weighted by Crippen LogP contribution is -2.38. The summed E-state index contributed by atoms with van der Waals surface area (Å²) in [7, 11) is -3.82. The molecule has 0 bridgehead atoms. The van der Waals surface area contributed by atoms with E-state index in [2.05, 4.69) is 28.2 Å². The molecule has 4 rings (SSSR count). The second-order valence-corrected chi connectivity index (χ2v) is 11.4. The predicted molar refractivity (Wildman–Crippen MR) is 133 cm³/mol. The number of fused-ring (bicyclic) bond motifs is 1. The number of carbonyl (C=O) groups is 1. The molecule has 1 N–H and O–H groups in total. The summed E-state index contributed by atoms with van der Waals surface area (Å²) in [5.41, 5.74) is 1.21. The SMILES string of the molecule is Cc1ccc(NC(=O)Cn2cc(S(=O)(=O)N3CCC(C)CC3)c3ccccc3c2=O)c(Br)c1. The van der Waals surface area contributed by atoms with Crippen molar-refractivity contribution in [2.45, 2.75) is 38.1 Å². The molecule has 1 aliphatic heterocycles. The average Bonchev–Trinajstić information content (AvgIpc) is 2.78. The molecule has 2 aromatic carbocycles. The van der Waals surface area contributed by atoms with Gasteiger partial charge in [0.05, 0.1) is 5.69 Å². The molecule has 0 saturated carbocycles. The van der Waals surface area contributed by atoms with E-state index in [4.69, 9.17) is 0 Å². The molecular formula is C24H26BrN3O4S. The molecule has 33 heavy (non-hydrogen) atoms. The van der Waals surface area contributed by atoms with Crippen molar-refractivity contribution in [2.24, 2.45) is 5.92 Å². The lowest BCUT2D eigenvalue weighted by atomic mass is 10.0. The highest BCUT2D eigenvalue weighted by atomic mass is 79.9. The van der Waals surface area contributed by atoms with Gasteiger partial charge in [-0.05, 0) is 65.4 Å². The standard InChI is InChI=1S/C24H26BrN3O4S/c1-16-9-11-28(12-10-16)33(31,32)22-14-27(24(30)19-6-4-3-5-18(19)22)15-23(29)26-21-8-7-17(2)13-20(21)25/h3-8,13-14,16H,9-12,15H2,1-2H3,(H,26,29). The number of piperidine rings is 1. The third-order valence-electron chi connectivity index (χ3n) is 6.03. The van der Waals surface area contributed by atoms with E-state index in [1.54, 1.807) is 30.3 Å². The van der Waals surface area contributed by atoms with Crippen molar-refractivity contribution in [3.05, 3.63) is 69.1 Å². The Morgan fingerprint density at radius 3 is 2.45 bits per heavy atom. The van der Waals surface area contributed by atoms with Crippen molar-refractivity contribution in [1.82, 2.24) is 8.87 Å². The third-order valence-corrected chi connectivity index (χ3v) is 8.61. The number of pyridine rings is 1. The van der Waals surface area contributed by atoms with Gasteiger partial charge in [0.1, 0.15) is 11.4 Å². The molecule has 3 aromatic rings.